The van der Waals surface area contributed by atoms with Crippen molar-refractivity contribution in [3.8, 4) is 11.5 Å². The van der Waals surface area contributed by atoms with Gasteiger partial charge in [-0.05, 0) is 71.6 Å². The normalized spacial score (nSPS) is 11.8. The molecule has 3 aromatic rings. The van der Waals surface area contributed by atoms with Crippen molar-refractivity contribution in [2.24, 2.45) is 11.0 Å². The lowest BCUT2D eigenvalue weighted by molar-refractivity contribution is -0.123. The Morgan fingerprint density at radius 1 is 0.944 bits per heavy atom. The van der Waals surface area contributed by atoms with Gasteiger partial charge in [-0.15, -0.1) is 0 Å². The summed E-state index contributed by atoms with van der Waals surface area (Å²) in [7, 11) is 1.55. The van der Waals surface area contributed by atoms with Gasteiger partial charge >= 0.3 is 0 Å². The number of benzene rings is 3. The summed E-state index contributed by atoms with van der Waals surface area (Å²) in [6.45, 7) is 4.03. The predicted molar refractivity (Wildman–Crippen MR) is 142 cm³/mol. The standard InChI is InChI=1S/C27H27Cl2N3O4/c1-17(2)25(31-26(33)20-7-11-22(29)12-8-20)27(34)32-30-15-19-6-13-23(24(14-19)35-3)36-16-18-4-9-21(28)10-5-18/h4-15,17,25H,16H2,1-3H3,(H,31,33)(H,32,34)/b30-15-. The molecule has 0 aliphatic rings. The number of nitrogens with one attached hydrogen (secondary N) is 2. The zero-order valence-electron chi connectivity index (χ0n) is 20.1. The van der Waals surface area contributed by atoms with Crippen LogP contribution in [0.5, 0.6) is 11.5 Å². The third-order valence-corrected chi connectivity index (χ3v) is 5.73. The molecule has 3 aromatic carbocycles. The summed E-state index contributed by atoms with van der Waals surface area (Å²) in [4.78, 5) is 25.2. The van der Waals surface area contributed by atoms with E-state index in [-0.39, 0.29) is 11.8 Å². The molecule has 2 amide bonds. The summed E-state index contributed by atoms with van der Waals surface area (Å²) in [5.41, 5.74) is 4.56. The summed E-state index contributed by atoms with van der Waals surface area (Å²) in [5, 5.41) is 7.97. The largest absolute Gasteiger partial charge is 0.493 e. The van der Waals surface area contributed by atoms with Crippen LogP contribution in [-0.4, -0.2) is 31.2 Å². The smallest absolute Gasteiger partial charge is 0.262 e. The average molecular weight is 528 g/mol. The van der Waals surface area contributed by atoms with Crippen molar-refractivity contribution in [1.82, 2.24) is 10.7 Å². The summed E-state index contributed by atoms with van der Waals surface area (Å²) < 4.78 is 11.3. The van der Waals surface area contributed by atoms with Crippen LogP contribution in [0.3, 0.4) is 0 Å². The summed E-state index contributed by atoms with van der Waals surface area (Å²) in [6.07, 6.45) is 1.49. The van der Waals surface area contributed by atoms with Gasteiger partial charge in [-0.25, -0.2) is 5.43 Å². The maximum atomic E-state index is 12.7. The van der Waals surface area contributed by atoms with E-state index >= 15 is 0 Å². The third-order valence-electron chi connectivity index (χ3n) is 5.23. The Labute approximate surface area is 220 Å². The fraction of sp³-hybridized carbons (Fsp3) is 0.222. The molecule has 0 spiro atoms. The van der Waals surface area contributed by atoms with Gasteiger partial charge in [0.25, 0.3) is 11.8 Å². The second-order valence-electron chi connectivity index (χ2n) is 8.26. The van der Waals surface area contributed by atoms with Crippen LogP contribution in [0.1, 0.15) is 35.3 Å². The molecule has 7 nitrogen and oxygen atoms in total. The number of carbonyl (C=O) groups excluding carboxylic acids is 2. The Hall–Kier alpha value is -3.55. The molecule has 1 atom stereocenters. The second kappa shape index (κ2) is 13.0. The topological polar surface area (TPSA) is 89.0 Å². The maximum absolute atomic E-state index is 12.7. The van der Waals surface area contributed by atoms with E-state index in [9.17, 15) is 9.59 Å². The minimum Gasteiger partial charge on any atom is -0.493 e. The Morgan fingerprint density at radius 3 is 2.19 bits per heavy atom. The van der Waals surface area contributed by atoms with E-state index in [4.69, 9.17) is 32.7 Å². The molecule has 0 saturated carbocycles. The Kier molecular flexibility index (Phi) is 9.73. The first-order valence-corrected chi connectivity index (χ1v) is 12.0. The highest BCUT2D eigenvalue weighted by Crippen LogP contribution is 2.28. The SMILES string of the molecule is COc1cc(/C=N\NC(=O)C(NC(=O)c2ccc(Cl)cc2)C(C)C)ccc1OCc1ccc(Cl)cc1. The highest BCUT2D eigenvalue weighted by molar-refractivity contribution is 6.30. The number of hydrazone groups is 1. The Morgan fingerprint density at radius 2 is 1.58 bits per heavy atom. The van der Waals surface area contributed by atoms with Crippen molar-refractivity contribution in [2.45, 2.75) is 26.5 Å². The van der Waals surface area contributed by atoms with Gasteiger partial charge in [0, 0.05) is 15.6 Å². The van der Waals surface area contributed by atoms with Gasteiger partial charge in [-0.2, -0.15) is 5.10 Å². The van der Waals surface area contributed by atoms with Crippen LogP contribution in [-0.2, 0) is 11.4 Å². The number of carbonyl (C=O) groups is 2. The van der Waals surface area contributed by atoms with Gasteiger partial charge in [-0.1, -0.05) is 49.2 Å². The lowest BCUT2D eigenvalue weighted by atomic mass is 10.0. The molecule has 1 unspecified atom stereocenters. The molecule has 188 valence electrons. The number of ether oxygens (including phenoxy) is 2. The number of nitrogens with zero attached hydrogens (tertiary/aromatic N) is 1. The number of halogens is 2. The van der Waals surface area contributed by atoms with Gasteiger partial charge < -0.3 is 14.8 Å². The van der Waals surface area contributed by atoms with Crippen molar-refractivity contribution in [3.05, 3.63) is 93.5 Å². The van der Waals surface area contributed by atoms with Crippen molar-refractivity contribution in [1.29, 1.82) is 0 Å². The van der Waals surface area contributed by atoms with Crippen LogP contribution >= 0.6 is 23.2 Å². The maximum Gasteiger partial charge on any atom is 0.262 e. The molecule has 0 aliphatic heterocycles. The van der Waals surface area contributed by atoms with E-state index in [2.05, 4.69) is 15.8 Å². The van der Waals surface area contributed by atoms with Gasteiger partial charge in [0.2, 0.25) is 0 Å². The number of hydrogen-bond donors (Lipinski definition) is 2. The second-order valence-corrected chi connectivity index (χ2v) is 9.13. The summed E-state index contributed by atoms with van der Waals surface area (Å²) in [6, 6.07) is 18.3. The molecule has 0 radical (unpaired) electrons. The van der Waals surface area contributed by atoms with Crippen LogP contribution in [0.15, 0.2) is 71.8 Å². The van der Waals surface area contributed by atoms with Crippen molar-refractivity contribution >= 4 is 41.2 Å². The fourth-order valence-electron chi connectivity index (χ4n) is 3.23. The zero-order valence-corrected chi connectivity index (χ0v) is 21.6. The zero-order chi connectivity index (χ0) is 26.1. The highest BCUT2D eigenvalue weighted by atomic mass is 35.5. The lowest BCUT2D eigenvalue weighted by Gasteiger charge is -2.20. The molecule has 9 heteroatoms. The minimum absolute atomic E-state index is 0.159. The van der Waals surface area contributed by atoms with Crippen LogP contribution in [0.2, 0.25) is 10.0 Å². The molecule has 36 heavy (non-hydrogen) atoms. The van der Waals surface area contributed by atoms with Crippen molar-refractivity contribution < 1.29 is 19.1 Å². The first-order chi connectivity index (χ1) is 17.3. The quantitative estimate of drug-likeness (QED) is 0.269. The molecule has 0 aliphatic carbocycles. The molecule has 0 aromatic heterocycles. The first-order valence-electron chi connectivity index (χ1n) is 11.2. The molecule has 3 rings (SSSR count). The molecule has 0 saturated heterocycles. The molecule has 0 fully saturated rings. The average Bonchev–Trinajstić information content (AvgIpc) is 2.87. The van der Waals surface area contributed by atoms with Gasteiger partial charge in [0.05, 0.1) is 13.3 Å². The molecular weight excluding hydrogens is 501 g/mol. The van der Waals surface area contributed by atoms with Crippen LogP contribution in [0.25, 0.3) is 0 Å². The highest BCUT2D eigenvalue weighted by Gasteiger charge is 2.24. The van der Waals surface area contributed by atoms with E-state index in [1.807, 2.05) is 26.0 Å². The number of methoxy groups -OCH3 is 1. The molecule has 2 N–H and O–H groups in total. The van der Waals surface area contributed by atoms with E-state index in [0.717, 1.165) is 5.56 Å². The van der Waals surface area contributed by atoms with Crippen LogP contribution in [0, 0.1) is 5.92 Å². The lowest BCUT2D eigenvalue weighted by Crippen LogP contribution is -2.48. The molecule has 0 bridgehead atoms. The van der Waals surface area contributed by atoms with E-state index in [1.165, 1.54) is 6.21 Å². The van der Waals surface area contributed by atoms with E-state index < -0.39 is 11.9 Å². The number of rotatable bonds is 10. The van der Waals surface area contributed by atoms with Crippen molar-refractivity contribution in [3.63, 3.8) is 0 Å². The van der Waals surface area contributed by atoms with Crippen molar-refractivity contribution in [2.75, 3.05) is 7.11 Å². The molecule has 0 heterocycles. The van der Waals surface area contributed by atoms with E-state index in [0.29, 0.717) is 39.3 Å². The summed E-state index contributed by atoms with van der Waals surface area (Å²) in [5.74, 6) is 0.128. The monoisotopic (exact) mass is 527 g/mol. The van der Waals surface area contributed by atoms with Gasteiger partial charge in [0.1, 0.15) is 12.6 Å². The fourth-order valence-corrected chi connectivity index (χ4v) is 3.48. The van der Waals surface area contributed by atoms with E-state index in [1.54, 1.807) is 61.7 Å². The van der Waals surface area contributed by atoms with Gasteiger partial charge in [0.15, 0.2) is 11.5 Å². The first kappa shape index (κ1) is 27.0. The van der Waals surface area contributed by atoms with Crippen LogP contribution in [0.4, 0.5) is 0 Å². The third kappa shape index (κ3) is 7.73. The Balaban J connectivity index is 1.60. The van der Waals surface area contributed by atoms with Crippen LogP contribution < -0.4 is 20.2 Å². The number of hydrogen-bond acceptors (Lipinski definition) is 5. The predicted octanol–water partition coefficient (Wildman–Crippen LogP) is 5.49. The summed E-state index contributed by atoms with van der Waals surface area (Å²) >= 11 is 11.8. The van der Waals surface area contributed by atoms with Gasteiger partial charge in [-0.3, -0.25) is 9.59 Å². The minimum atomic E-state index is -0.775. The number of amides is 2. The molecular formula is C27H27Cl2N3O4. The Bertz CT molecular complexity index is 1210.